The van der Waals surface area contributed by atoms with Gasteiger partial charge in [-0.25, -0.2) is 8.78 Å². The Morgan fingerprint density at radius 2 is 1.93 bits per heavy atom. The highest BCUT2D eigenvalue weighted by Crippen LogP contribution is 2.37. The molecule has 0 N–H and O–H groups in total. The summed E-state index contributed by atoms with van der Waals surface area (Å²) in [6.07, 6.45) is 7.20. The molecule has 0 saturated heterocycles. The van der Waals surface area contributed by atoms with E-state index >= 15 is 0 Å². The van der Waals surface area contributed by atoms with Gasteiger partial charge in [0, 0.05) is 40.7 Å². The first-order valence-corrected chi connectivity index (χ1v) is 8.75. The number of halogens is 2. The van der Waals surface area contributed by atoms with Crippen molar-refractivity contribution in [2.75, 3.05) is 0 Å². The molecule has 0 aliphatic rings. The first kappa shape index (κ1) is 18.0. The number of hydrogen-bond donors (Lipinski definition) is 0. The Morgan fingerprint density at radius 1 is 1.11 bits per heavy atom. The van der Waals surface area contributed by atoms with Crippen LogP contribution in [-0.4, -0.2) is 20.8 Å². The Hall–Kier alpha value is -3.41. The van der Waals surface area contributed by atoms with E-state index in [0.717, 1.165) is 11.7 Å². The van der Waals surface area contributed by atoms with Crippen molar-refractivity contribution >= 4 is 17.2 Å². The molecule has 0 bridgehead atoms. The second kappa shape index (κ2) is 6.64. The second-order valence-electron chi connectivity index (χ2n) is 7.00. The molecule has 0 fully saturated rings. The zero-order valence-electron chi connectivity index (χ0n) is 15.4. The van der Waals surface area contributed by atoms with Gasteiger partial charge in [0.25, 0.3) is 0 Å². The summed E-state index contributed by atoms with van der Waals surface area (Å²) in [7, 11) is 0. The van der Waals surface area contributed by atoms with Crippen molar-refractivity contribution in [1.82, 2.24) is 14.5 Å². The Bertz CT molecular complexity index is 1190. The van der Waals surface area contributed by atoms with Crippen molar-refractivity contribution in [3.05, 3.63) is 78.3 Å². The van der Waals surface area contributed by atoms with E-state index in [1.165, 1.54) is 32.2 Å². The lowest BCUT2D eigenvalue weighted by atomic mass is 9.94. The van der Waals surface area contributed by atoms with Gasteiger partial charge < -0.3 is 4.57 Å². The lowest BCUT2D eigenvalue weighted by Crippen LogP contribution is -2.13. The molecule has 4 nitrogen and oxygen atoms in total. The van der Waals surface area contributed by atoms with E-state index in [2.05, 4.69) is 9.97 Å². The molecule has 0 radical (unpaired) electrons. The predicted octanol–water partition coefficient (Wildman–Crippen LogP) is 5.24. The molecule has 0 atom stereocenters. The highest BCUT2D eigenvalue weighted by molar-refractivity contribution is 5.98. The van der Waals surface area contributed by atoms with Gasteiger partial charge in [0.05, 0.1) is 23.1 Å². The standard InChI is InChI=1S/C22H17F2N3O/c1-22(2,24)21-17(4-3-8-26-21)18-10-15(23)5-6-19(18)27-12-14(13-28)16-7-9-25-11-20(16)27/h3-13H,1-2H3. The SMILES string of the molecule is CC(C)(F)c1ncccc1-c1cc(F)ccc1-n1cc(C=O)c2ccncc21. The number of fused-ring (bicyclic) bond motifs is 1. The summed E-state index contributed by atoms with van der Waals surface area (Å²) in [5.74, 6) is -0.449. The van der Waals surface area contributed by atoms with E-state index in [0.29, 0.717) is 27.9 Å². The summed E-state index contributed by atoms with van der Waals surface area (Å²) in [5.41, 5.74) is 1.26. The number of benzene rings is 1. The first-order chi connectivity index (χ1) is 13.4. The summed E-state index contributed by atoms with van der Waals surface area (Å²) >= 11 is 0. The van der Waals surface area contributed by atoms with Crippen LogP contribution in [0.1, 0.15) is 29.9 Å². The van der Waals surface area contributed by atoms with Crippen molar-refractivity contribution in [3.63, 3.8) is 0 Å². The number of alkyl halides is 1. The fraction of sp³-hybridized carbons (Fsp3) is 0.136. The molecule has 3 heterocycles. The molecule has 0 aliphatic carbocycles. The maximum atomic E-state index is 14.8. The molecule has 0 spiro atoms. The quantitative estimate of drug-likeness (QED) is 0.457. The largest absolute Gasteiger partial charge is 0.314 e. The monoisotopic (exact) mass is 377 g/mol. The highest BCUT2D eigenvalue weighted by Gasteiger charge is 2.26. The smallest absolute Gasteiger partial charge is 0.152 e. The van der Waals surface area contributed by atoms with Gasteiger partial charge in [0.1, 0.15) is 11.5 Å². The number of carbonyl (C=O) groups is 1. The van der Waals surface area contributed by atoms with Crippen LogP contribution in [0.15, 0.2) is 61.2 Å². The summed E-state index contributed by atoms with van der Waals surface area (Å²) in [4.78, 5) is 19.8. The molecule has 1 aromatic carbocycles. The van der Waals surface area contributed by atoms with E-state index in [9.17, 15) is 13.6 Å². The summed E-state index contributed by atoms with van der Waals surface area (Å²) in [6.45, 7) is 2.83. The van der Waals surface area contributed by atoms with Crippen molar-refractivity contribution < 1.29 is 13.6 Å². The fourth-order valence-corrected chi connectivity index (χ4v) is 3.42. The maximum absolute atomic E-state index is 14.8. The van der Waals surface area contributed by atoms with Crippen molar-refractivity contribution in [1.29, 1.82) is 0 Å². The number of carbonyl (C=O) groups excluding carboxylic acids is 1. The van der Waals surface area contributed by atoms with Crippen LogP contribution in [0.2, 0.25) is 0 Å². The summed E-state index contributed by atoms with van der Waals surface area (Å²) in [6, 6.07) is 9.44. The van der Waals surface area contributed by atoms with Crippen LogP contribution in [0, 0.1) is 5.82 Å². The van der Waals surface area contributed by atoms with E-state index in [4.69, 9.17) is 0 Å². The van der Waals surface area contributed by atoms with Crippen LogP contribution in [-0.2, 0) is 5.67 Å². The Balaban J connectivity index is 2.05. The molecule has 3 aromatic heterocycles. The first-order valence-electron chi connectivity index (χ1n) is 8.75. The molecule has 4 rings (SSSR count). The van der Waals surface area contributed by atoms with Crippen molar-refractivity contribution in [2.45, 2.75) is 19.5 Å². The van der Waals surface area contributed by atoms with E-state index in [1.54, 1.807) is 47.4 Å². The third-order valence-electron chi connectivity index (χ3n) is 4.64. The van der Waals surface area contributed by atoms with Gasteiger partial charge in [0.2, 0.25) is 0 Å². The molecule has 0 saturated carbocycles. The van der Waals surface area contributed by atoms with Gasteiger partial charge in [-0.15, -0.1) is 0 Å². The molecule has 0 aliphatic heterocycles. The van der Waals surface area contributed by atoms with Gasteiger partial charge in [-0.2, -0.15) is 0 Å². The number of nitrogens with zero attached hydrogens (tertiary/aromatic N) is 3. The van der Waals surface area contributed by atoms with Gasteiger partial charge in [-0.1, -0.05) is 6.07 Å². The second-order valence-corrected chi connectivity index (χ2v) is 7.00. The van der Waals surface area contributed by atoms with Crippen molar-refractivity contribution in [3.8, 4) is 16.8 Å². The van der Waals surface area contributed by atoms with Gasteiger partial charge in [0.15, 0.2) is 6.29 Å². The zero-order valence-corrected chi connectivity index (χ0v) is 15.4. The van der Waals surface area contributed by atoms with Crippen LogP contribution in [0.25, 0.3) is 27.7 Å². The lowest BCUT2D eigenvalue weighted by molar-refractivity contribution is 0.112. The highest BCUT2D eigenvalue weighted by atomic mass is 19.1. The normalized spacial score (nSPS) is 11.7. The van der Waals surface area contributed by atoms with Crippen LogP contribution >= 0.6 is 0 Å². The Morgan fingerprint density at radius 3 is 2.68 bits per heavy atom. The van der Waals surface area contributed by atoms with Gasteiger partial charge >= 0.3 is 0 Å². The van der Waals surface area contributed by atoms with E-state index in [-0.39, 0.29) is 5.69 Å². The van der Waals surface area contributed by atoms with E-state index < -0.39 is 11.5 Å². The third kappa shape index (κ3) is 2.97. The van der Waals surface area contributed by atoms with Gasteiger partial charge in [-0.3, -0.25) is 14.8 Å². The predicted molar refractivity (Wildman–Crippen MR) is 104 cm³/mol. The van der Waals surface area contributed by atoms with Crippen molar-refractivity contribution in [2.24, 2.45) is 0 Å². The Labute approximate surface area is 160 Å². The molecule has 0 unspecified atom stereocenters. The minimum Gasteiger partial charge on any atom is -0.314 e. The molecule has 4 aromatic rings. The average molecular weight is 377 g/mol. The minimum absolute atomic E-state index is 0.215. The van der Waals surface area contributed by atoms with Gasteiger partial charge in [-0.05, 0) is 44.2 Å². The van der Waals surface area contributed by atoms with E-state index in [1.807, 2.05) is 0 Å². The topological polar surface area (TPSA) is 47.8 Å². The minimum atomic E-state index is -1.71. The number of rotatable bonds is 4. The zero-order chi connectivity index (χ0) is 19.9. The summed E-state index contributed by atoms with van der Waals surface area (Å²) in [5, 5.41) is 0.734. The van der Waals surface area contributed by atoms with Crippen LogP contribution in [0.4, 0.5) is 8.78 Å². The number of aldehydes is 1. The molecule has 28 heavy (non-hydrogen) atoms. The molecule has 0 amide bonds. The molecule has 6 heteroatoms. The average Bonchev–Trinajstić information content (AvgIpc) is 3.06. The maximum Gasteiger partial charge on any atom is 0.152 e. The number of aromatic nitrogens is 3. The van der Waals surface area contributed by atoms with Crippen LogP contribution < -0.4 is 0 Å². The number of hydrogen-bond acceptors (Lipinski definition) is 3. The van der Waals surface area contributed by atoms with Crippen LogP contribution in [0.5, 0.6) is 0 Å². The molecular weight excluding hydrogens is 360 g/mol. The fourth-order valence-electron chi connectivity index (χ4n) is 3.42. The third-order valence-corrected chi connectivity index (χ3v) is 4.64. The lowest BCUT2D eigenvalue weighted by Gasteiger charge is -2.20. The summed E-state index contributed by atoms with van der Waals surface area (Å²) < 4.78 is 30.7. The number of pyridine rings is 2. The van der Waals surface area contributed by atoms with Crippen LogP contribution in [0.3, 0.4) is 0 Å². The molecular formula is C22H17F2N3O. The Kier molecular flexibility index (Phi) is 4.26. The molecule has 140 valence electrons.